The summed E-state index contributed by atoms with van der Waals surface area (Å²) in [5.41, 5.74) is 3.53. The molecule has 0 radical (unpaired) electrons. The van der Waals surface area contributed by atoms with Crippen molar-refractivity contribution >= 4 is 23.4 Å². The highest BCUT2D eigenvalue weighted by Gasteiger charge is 2.21. The van der Waals surface area contributed by atoms with Crippen LogP contribution in [-0.2, 0) is 22.7 Å². The van der Waals surface area contributed by atoms with Crippen molar-refractivity contribution in [3.8, 4) is 0 Å². The summed E-state index contributed by atoms with van der Waals surface area (Å²) in [6.45, 7) is 2.62. The maximum atomic E-state index is 12.4. The van der Waals surface area contributed by atoms with Gasteiger partial charge in [-0.3, -0.25) is 14.4 Å². The van der Waals surface area contributed by atoms with Crippen LogP contribution >= 0.6 is 0 Å². The normalized spacial score (nSPS) is 16.6. The third-order valence-electron chi connectivity index (χ3n) is 5.54. The number of nitrogens with one attached hydrogen (secondary N) is 1. The van der Waals surface area contributed by atoms with E-state index in [0.29, 0.717) is 31.5 Å². The fourth-order valence-corrected chi connectivity index (χ4v) is 3.85. The van der Waals surface area contributed by atoms with E-state index in [2.05, 4.69) is 5.32 Å². The lowest BCUT2D eigenvalue weighted by molar-refractivity contribution is -0.128. The van der Waals surface area contributed by atoms with E-state index >= 15 is 0 Å². The Bertz CT molecular complexity index is 906. The Morgan fingerprint density at radius 3 is 2.10 bits per heavy atom. The highest BCUT2D eigenvalue weighted by Crippen LogP contribution is 2.21. The predicted octanol–water partition coefficient (Wildman–Crippen LogP) is 2.87. The minimum Gasteiger partial charge on any atom is -0.348 e. The number of hydrogen-bond donors (Lipinski definition) is 1. The second kappa shape index (κ2) is 8.47. The molecule has 0 unspecified atom stereocenters. The SMILES string of the molecule is O=C(NCc1ccc(N2CCCC2=O)cc1)c1ccc(CN2CCCC2=O)cc1. The number of carbonyl (C=O) groups excluding carboxylic acids is 3. The van der Waals surface area contributed by atoms with Gasteiger partial charge in [-0.25, -0.2) is 0 Å². The summed E-state index contributed by atoms with van der Waals surface area (Å²) in [4.78, 5) is 39.6. The Morgan fingerprint density at radius 2 is 1.48 bits per heavy atom. The minimum absolute atomic E-state index is 0.132. The molecule has 2 aliphatic rings. The zero-order valence-corrected chi connectivity index (χ0v) is 16.4. The first-order valence-electron chi connectivity index (χ1n) is 10.1. The number of anilines is 1. The third-order valence-corrected chi connectivity index (χ3v) is 5.54. The lowest BCUT2D eigenvalue weighted by Crippen LogP contribution is -2.25. The van der Waals surface area contributed by atoms with E-state index in [1.165, 1.54) is 0 Å². The summed E-state index contributed by atoms with van der Waals surface area (Å²) in [6, 6.07) is 15.2. The van der Waals surface area contributed by atoms with Gasteiger partial charge in [-0.05, 0) is 48.2 Å². The van der Waals surface area contributed by atoms with Gasteiger partial charge in [0.05, 0.1) is 0 Å². The van der Waals surface area contributed by atoms with Gasteiger partial charge in [0.15, 0.2) is 0 Å². The molecule has 2 fully saturated rings. The molecule has 0 bridgehead atoms. The number of carbonyl (C=O) groups is 3. The molecule has 150 valence electrons. The van der Waals surface area contributed by atoms with E-state index in [4.69, 9.17) is 0 Å². The molecule has 2 aliphatic heterocycles. The van der Waals surface area contributed by atoms with Crippen molar-refractivity contribution in [2.45, 2.75) is 38.8 Å². The van der Waals surface area contributed by atoms with Gasteiger partial charge in [0.25, 0.3) is 5.91 Å². The van der Waals surface area contributed by atoms with Crippen LogP contribution in [0.3, 0.4) is 0 Å². The van der Waals surface area contributed by atoms with Crippen molar-refractivity contribution < 1.29 is 14.4 Å². The second-order valence-electron chi connectivity index (χ2n) is 7.61. The highest BCUT2D eigenvalue weighted by molar-refractivity contribution is 5.95. The maximum Gasteiger partial charge on any atom is 0.251 e. The molecule has 1 N–H and O–H groups in total. The Labute approximate surface area is 170 Å². The van der Waals surface area contributed by atoms with Crippen LogP contribution in [0.1, 0.15) is 47.2 Å². The van der Waals surface area contributed by atoms with Crippen LogP contribution in [0.15, 0.2) is 48.5 Å². The van der Waals surface area contributed by atoms with Gasteiger partial charge in [0, 0.05) is 50.3 Å². The van der Waals surface area contributed by atoms with Crippen molar-refractivity contribution in [3.05, 3.63) is 65.2 Å². The molecule has 0 saturated carbocycles. The van der Waals surface area contributed by atoms with E-state index in [1.807, 2.05) is 41.3 Å². The molecule has 3 amide bonds. The molecule has 0 aromatic heterocycles. The molecule has 2 saturated heterocycles. The Balaban J connectivity index is 1.30. The van der Waals surface area contributed by atoms with Gasteiger partial charge in [-0.2, -0.15) is 0 Å². The second-order valence-corrected chi connectivity index (χ2v) is 7.61. The van der Waals surface area contributed by atoms with Crippen LogP contribution in [0.2, 0.25) is 0 Å². The first-order chi connectivity index (χ1) is 14.1. The summed E-state index contributed by atoms with van der Waals surface area (Å²) in [6.07, 6.45) is 3.08. The first-order valence-corrected chi connectivity index (χ1v) is 10.1. The molecule has 6 heteroatoms. The van der Waals surface area contributed by atoms with Gasteiger partial charge in [0.2, 0.25) is 11.8 Å². The minimum atomic E-state index is -0.132. The zero-order chi connectivity index (χ0) is 20.2. The van der Waals surface area contributed by atoms with Crippen LogP contribution in [0.5, 0.6) is 0 Å². The lowest BCUT2D eigenvalue weighted by Gasteiger charge is -2.16. The molecule has 2 aromatic carbocycles. The summed E-state index contributed by atoms with van der Waals surface area (Å²) in [5.74, 6) is 0.239. The molecular formula is C23H25N3O3. The zero-order valence-electron chi connectivity index (χ0n) is 16.4. The Hall–Kier alpha value is -3.15. The van der Waals surface area contributed by atoms with E-state index in [1.54, 1.807) is 17.0 Å². The van der Waals surface area contributed by atoms with Gasteiger partial charge in [-0.15, -0.1) is 0 Å². The number of amides is 3. The van der Waals surface area contributed by atoms with Crippen LogP contribution in [0.4, 0.5) is 5.69 Å². The van der Waals surface area contributed by atoms with Gasteiger partial charge < -0.3 is 15.1 Å². The fraction of sp³-hybridized carbons (Fsp3) is 0.348. The summed E-state index contributed by atoms with van der Waals surface area (Å²) in [5, 5.41) is 2.93. The number of likely N-dealkylation sites (tertiary alicyclic amines) is 1. The van der Waals surface area contributed by atoms with Crippen molar-refractivity contribution in [1.82, 2.24) is 10.2 Å². The van der Waals surface area contributed by atoms with Crippen molar-refractivity contribution in [2.24, 2.45) is 0 Å². The van der Waals surface area contributed by atoms with Crippen LogP contribution < -0.4 is 10.2 Å². The Kier molecular flexibility index (Phi) is 5.60. The quantitative estimate of drug-likeness (QED) is 0.823. The van der Waals surface area contributed by atoms with Crippen LogP contribution in [-0.4, -0.2) is 35.7 Å². The number of rotatable bonds is 6. The fourth-order valence-electron chi connectivity index (χ4n) is 3.85. The molecule has 2 heterocycles. The first kappa shape index (κ1) is 19.2. The summed E-state index contributed by atoms with van der Waals surface area (Å²) >= 11 is 0. The molecule has 4 rings (SSSR count). The number of benzene rings is 2. The average molecular weight is 391 g/mol. The Morgan fingerprint density at radius 1 is 0.828 bits per heavy atom. The van der Waals surface area contributed by atoms with Gasteiger partial charge in [0.1, 0.15) is 0 Å². The number of hydrogen-bond acceptors (Lipinski definition) is 3. The molecule has 0 aliphatic carbocycles. The van der Waals surface area contributed by atoms with E-state index in [0.717, 1.165) is 42.7 Å². The molecule has 0 spiro atoms. The van der Waals surface area contributed by atoms with Crippen molar-refractivity contribution in [3.63, 3.8) is 0 Å². The van der Waals surface area contributed by atoms with E-state index in [-0.39, 0.29) is 17.7 Å². The van der Waals surface area contributed by atoms with Crippen LogP contribution in [0.25, 0.3) is 0 Å². The molecule has 6 nitrogen and oxygen atoms in total. The van der Waals surface area contributed by atoms with E-state index in [9.17, 15) is 14.4 Å². The largest absolute Gasteiger partial charge is 0.348 e. The standard InChI is InChI=1S/C23H25N3O3/c27-21-3-1-13-25(21)16-18-5-9-19(10-6-18)23(29)24-15-17-7-11-20(12-8-17)26-14-2-4-22(26)28/h5-12H,1-4,13-16H2,(H,24,29). The third kappa shape index (κ3) is 4.47. The molecule has 29 heavy (non-hydrogen) atoms. The summed E-state index contributed by atoms with van der Waals surface area (Å²) < 4.78 is 0. The smallest absolute Gasteiger partial charge is 0.251 e. The van der Waals surface area contributed by atoms with Crippen molar-refractivity contribution in [2.75, 3.05) is 18.0 Å². The van der Waals surface area contributed by atoms with Crippen LogP contribution in [0, 0.1) is 0 Å². The number of nitrogens with zero attached hydrogens (tertiary/aromatic N) is 2. The van der Waals surface area contributed by atoms with Crippen molar-refractivity contribution in [1.29, 1.82) is 0 Å². The molecule has 2 aromatic rings. The monoisotopic (exact) mass is 391 g/mol. The average Bonchev–Trinajstić information content (AvgIpc) is 3.35. The molecular weight excluding hydrogens is 366 g/mol. The lowest BCUT2D eigenvalue weighted by atomic mass is 10.1. The summed E-state index contributed by atoms with van der Waals surface area (Å²) in [7, 11) is 0. The molecule has 0 atom stereocenters. The van der Waals surface area contributed by atoms with E-state index < -0.39 is 0 Å². The maximum absolute atomic E-state index is 12.4. The van der Waals surface area contributed by atoms with Gasteiger partial charge >= 0.3 is 0 Å². The highest BCUT2D eigenvalue weighted by atomic mass is 16.2. The predicted molar refractivity (Wildman–Crippen MR) is 110 cm³/mol. The van der Waals surface area contributed by atoms with Gasteiger partial charge in [-0.1, -0.05) is 24.3 Å². The topological polar surface area (TPSA) is 69.7 Å².